The molecule has 3 aromatic rings. The van der Waals surface area contributed by atoms with Crippen molar-refractivity contribution in [3.8, 4) is 5.75 Å². The maximum absolute atomic E-state index is 13.1. The smallest absolute Gasteiger partial charge is 0.250 e. The third-order valence-corrected chi connectivity index (χ3v) is 3.97. The van der Waals surface area contributed by atoms with Crippen LogP contribution in [0.5, 0.6) is 5.75 Å². The number of aromatic hydroxyl groups is 1. The van der Waals surface area contributed by atoms with Crippen molar-refractivity contribution in [2.75, 3.05) is 29.7 Å². The molecule has 0 saturated heterocycles. The van der Waals surface area contributed by atoms with Crippen LogP contribution in [-0.2, 0) is 0 Å². The number of aromatic nitrogens is 3. The molecule has 0 spiro atoms. The van der Waals surface area contributed by atoms with Crippen LogP contribution in [0.25, 0.3) is 0 Å². The van der Waals surface area contributed by atoms with Gasteiger partial charge < -0.3 is 15.3 Å². The number of hydrogen-bond donors (Lipinski definition) is 3. The number of nitrogens with zero attached hydrogens (tertiary/aromatic N) is 5. The molecule has 3 N–H and O–H groups in total. The number of phenols is 1. The van der Waals surface area contributed by atoms with E-state index in [0.29, 0.717) is 17.2 Å². The molecule has 8 nitrogen and oxygen atoms in total. The number of phenolic OH excluding ortho intramolecular Hbond substituents is 1. The summed E-state index contributed by atoms with van der Waals surface area (Å²) in [4.78, 5) is 14.5. The maximum Gasteiger partial charge on any atom is 0.250 e. The summed E-state index contributed by atoms with van der Waals surface area (Å²) in [7, 11) is 3.59. The second kappa shape index (κ2) is 8.61. The highest BCUT2D eigenvalue weighted by Crippen LogP contribution is 2.20. The van der Waals surface area contributed by atoms with E-state index in [-0.39, 0.29) is 23.5 Å². The van der Waals surface area contributed by atoms with Crippen LogP contribution < -0.4 is 15.6 Å². The van der Waals surface area contributed by atoms with Crippen molar-refractivity contribution in [2.24, 2.45) is 5.10 Å². The van der Waals surface area contributed by atoms with Crippen molar-refractivity contribution in [2.45, 2.75) is 0 Å². The molecule has 3 rings (SSSR count). The van der Waals surface area contributed by atoms with Crippen LogP contribution in [0.4, 0.5) is 27.9 Å². The SMILES string of the molecule is CN(C)c1nc(N/N=C\c2cc(Br)ccc2O)nc(Nc2ccc(F)cc2)n1. The second-order valence-electron chi connectivity index (χ2n) is 5.88. The highest BCUT2D eigenvalue weighted by molar-refractivity contribution is 9.10. The predicted molar refractivity (Wildman–Crippen MR) is 111 cm³/mol. The van der Waals surface area contributed by atoms with Gasteiger partial charge in [-0.2, -0.15) is 20.1 Å². The number of rotatable bonds is 6. The molecule has 144 valence electrons. The van der Waals surface area contributed by atoms with Gasteiger partial charge in [-0.05, 0) is 42.5 Å². The Morgan fingerprint density at radius 3 is 2.50 bits per heavy atom. The van der Waals surface area contributed by atoms with E-state index >= 15 is 0 Å². The number of hydrazone groups is 1. The molecule has 0 fully saturated rings. The largest absolute Gasteiger partial charge is 0.507 e. The number of benzene rings is 2. The first-order valence-corrected chi connectivity index (χ1v) is 8.93. The minimum atomic E-state index is -0.331. The minimum Gasteiger partial charge on any atom is -0.507 e. The van der Waals surface area contributed by atoms with Gasteiger partial charge in [0.15, 0.2) is 0 Å². The molecule has 0 amide bonds. The van der Waals surface area contributed by atoms with E-state index in [0.717, 1.165) is 4.47 Å². The number of nitrogens with one attached hydrogen (secondary N) is 2. The molecule has 10 heteroatoms. The van der Waals surface area contributed by atoms with Crippen LogP contribution >= 0.6 is 15.9 Å². The van der Waals surface area contributed by atoms with Gasteiger partial charge in [0, 0.05) is 29.8 Å². The topological polar surface area (TPSA) is 98.6 Å². The summed E-state index contributed by atoms with van der Waals surface area (Å²) in [5, 5.41) is 16.9. The summed E-state index contributed by atoms with van der Waals surface area (Å²) >= 11 is 3.34. The Bertz CT molecular complexity index is 996. The van der Waals surface area contributed by atoms with E-state index in [9.17, 15) is 9.50 Å². The molecular formula is C18H17BrFN7O. The lowest BCUT2D eigenvalue weighted by Gasteiger charge is -2.13. The number of hydrogen-bond acceptors (Lipinski definition) is 8. The Morgan fingerprint density at radius 2 is 1.79 bits per heavy atom. The molecule has 0 aliphatic rings. The lowest BCUT2D eigenvalue weighted by atomic mass is 10.2. The van der Waals surface area contributed by atoms with E-state index in [2.05, 4.69) is 46.7 Å². The monoisotopic (exact) mass is 445 g/mol. The first-order chi connectivity index (χ1) is 13.4. The Morgan fingerprint density at radius 1 is 1.07 bits per heavy atom. The molecule has 0 atom stereocenters. The Hall–Kier alpha value is -3.27. The lowest BCUT2D eigenvalue weighted by molar-refractivity contribution is 0.474. The van der Waals surface area contributed by atoms with Crippen LogP contribution in [0.1, 0.15) is 5.56 Å². The van der Waals surface area contributed by atoms with Crippen molar-refractivity contribution in [3.63, 3.8) is 0 Å². The minimum absolute atomic E-state index is 0.0945. The molecule has 28 heavy (non-hydrogen) atoms. The van der Waals surface area contributed by atoms with Gasteiger partial charge in [0.25, 0.3) is 0 Å². The van der Waals surface area contributed by atoms with Crippen LogP contribution in [0, 0.1) is 5.82 Å². The molecule has 0 bridgehead atoms. The average molecular weight is 446 g/mol. The first-order valence-electron chi connectivity index (χ1n) is 8.14. The molecule has 1 heterocycles. The Balaban J connectivity index is 1.81. The van der Waals surface area contributed by atoms with E-state index < -0.39 is 0 Å². The summed E-state index contributed by atoms with van der Waals surface area (Å²) in [6, 6.07) is 10.8. The van der Waals surface area contributed by atoms with Gasteiger partial charge in [-0.15, -0.1) is 0 Å². The zero-order valence-electron chi connectivity index (χ0n) is 15.1. The molecular weight excluding hydrogens is 429 g/mol. The summed E-state index contributed by atoms with van der Waals surface area (Å²) in [5.74, 6) is 0.643. The first kappa shape index (κ1) is 19.5. The van der Waals surface area contributed by atoms with E-state index in [1.807, 2.05) is 0 Å². The average Bonchev–Trinajstić information content (AvgIpc) is 2.66. The van der Waals surface area contributed by atoms with Crippen LogP contribution in [0.15, 0.2) is 52.0 Å². The molecule has 0 saturated carbocycles. The van der Waals surface area contributed by atoms with Gasteiger partial charge >= 0.3 is 0 Å². The van der Waals surface area contributed by atoms with Crippen LogP contribution in [0.2, 0.25) is 0 Å². The lowest BCUT2D eigenvalue weighted by Crippen LogP contribution is -2.15. The van der Waals surface area contributed by atoms with Gasteiger partial charge in [-0.3, -0.25) is 0 Å². The van der Waals surface area contributed by atoms with Gasteiger partial charge in [0.2, 0.25) is 17.8 Å². The quantitative estimate of drug-likeness (QED) is 0.392. The third kappa shape index (κ3) is 5.13. The van der Waals surface area contributed by atoms with Crippen molar-refractivity contribution in [3.05, 3.63) is 58.3 Å². The number of halogens is 2. The van der Waals surface area contributed by atoms with E-state index in [1.165, 1.54) is 18.3 Å². The van der Waals surface area contributed by atoms with Crippen LogP contribution in [0.3, 0.4) is 0 Å². The number of anilines is 4. The molecule has 0 aliphatic heterocycles. The summed E-state index contributed by atoms with van der Waals surface area (Å²) in [6.45, 7) is 0. The fourth-order valence-corrected chi connectivity index (χ4v) is 2.50. The third-order valence-electron chi connectivity index (χ3n) is 3.48. The predicted octanol–water partition coefficient (Wildman–Crippen LogP) is 3.73. The highest BCUT2D eigenvalue weighted by atomic mass is 79.9. The maximum atomic E-state index is 13.1. The Labute approximate surface area is 169 Å². The van der Waals surface area contributed by atoms with Gasteiger partial charge in [0.1, 0.15) is 11.6 Å². The standard InChI is InChI=1S/C18H17BrFN7O/c1-27(2)18-24-16(22-14-6-4-13(20)5-7-14)23-17(25-18)26-21-10-11-9-12(19)3-8-15(11)28/h3-10,28H,1-2H3,(H2,22,23,24,25,26)/b21-10-. The fraction of sp³-hybridized carbons (Fsp3) is 0.111. The highest BCUT2D eigenvalue weighted by Gasteiger charge is 2.08. The van der Waals surface area contributed by atoms with Gasteiger partial charge in [-0.1, -0.05) is 15.9 Å². The molecule has 2 aromatic carbocycles. The van der Waals surface area contributed by atoms with Gasteiger partial charge in [0.05, 0.1) is 6.21 Å². The van der Waals surface area contributed by atoms with Crippen molar-refractivity contribution in [1.29, 1.82) is 0 Å². The summed E-state index contributed by atoms with van der Waals surface area (Å²) in [6.07, 6.45) is 1.45. The second-order valence-corrected chi connectivity index (χ2v) is 6.80. The summed E-state index contributed by atoms with van der Waals surface area (Å²) < 4.78 is 13.9. The molecule has 0 unspecified atom stereocenters. The van der Waals surface area contributed by atoms with Crippen LogP contribution in [-0.4, -0.2) is 40.4 Å². The van der Waals surface area contributed by atoms with Crippen molar-refractivity contribution >= 4 is 45.7 Å². The van der Waals surface area contributed by atoms with Gasteiger partial charge in [-0.25, -0.2) is 9.82 Å². The zero-order valence-corrected chi connectivity index (χ0v) is 16.6. The molecule has 1 aromatic heterocycles. The zero-order chi connectivity index (χ0) is 20.1. The Kier molecular flexibility index (Phi) is 5.99. The normalized spacial score (nSPS) is 10.9. The van der Waals surface area contributed by atoms with Crippen molar-refractivity contribution in [1.82, 2.24) is 15.0 Å². The molecule has 0 aliphatic carbocycles. The summed E-state index contributed by atoms with van der Waals surface area (Å²) in [5.41, 5.74) is 3.88. The van der Waals surface area contributed by atoms with E-state index in [1.54, 1.807) is 49.3 Å². The van der Waals surface area contributed by atoms with E-state index in [4.69, 9.17) is 0 Å². The van der Waals surface area contributed by atoms with Crippen molar-refractivity contribution < 1.29 is 9.50 Å². The fourth-order valence-electron chi connectivity index (χ4n) is 2.12. The molecule has 0 radical (unpaired) electrons.